The zero-order valence-corrected chi connectivity index (χ0v) is 14.6. The van der Waals surface area contributed by atoms with Gasteiger partial charge in [-0.05, 0) is 42.9 Å². The van der Waals surface area contributed by atoms with E-state index in [2.05, 4.69) is 27.8 Å². The van der Waals surface area contributed by atoms with Gasteiger partial charge >= 0.3 is 0 Å². The Kier molecular flexibility index (Phi) is 5.72. The molecular weight excluding hydrogens is 300 g/mol. The molecule has 24 heavy (non-hydrogen) atoms. The van der Waals surface area contributed by atoms with Crippen LogP contribution in [-0.4, -0.2) is 32.0 Å². The van der Waals surface area contributed by atoms with E-state index < -0.39 is 0 Å². The summed E-state index contributed by atoms with van der Waals surface area (Å²) in [5, 5.41) is 6.72. The molecule has 1 aliphatic heterocycles. The van der Waals surface area contributed by atoms with Crippen LogP contribution in [0, 0.1) is 5.92 Å². The van der Waals surface area contributed by atoms with Crippen LogP contribution >= 0.6 is 0 Å². The molecule has 3 rings (SSSR count). The second kappa shape index (κ2) is 8.18. The molecule has 5 nitrogen and oxygen atoms in total. The van der Waals surface area contributed by atoms with E-state index in [1.165, 1.54) is 31.2 Å². The molecule has 0 atom stereocenters. The number of anilines is 1. The fourth-order valence-corrected chi connectivity index (χ4v) is 3.13. The molecule has 1 aliphatic carbocycles. The molecule has 5 heteroatoms. The summed E-state index contributed by atoms with van der Waals surface area (Å²) < 4.78 is 0. The van der Waals surface area contributed by atoms with Gasteiger partial charge in [-0.15, -0.1) is 0 Å². The molecule has 0 unspecified atom stereocenters. The van der Waals surface area contributed by atoms with E-state index in [0.29, 0.717) is 6.42 Å². The molecule has 1 aromatic rings. The van der Waals surface area contributed by atoms with Gasteiger partial charge in [-0.25, -0.2) is 0 Å². The highest BCUT2D eigenvalue weighted by atomic mass is 16.2. The van der Waals surface area contributed by atoms with Gasteiger partial charge in [0, 0.05) is 38.8 Å². The van der Waals surface area contributed by atoms with Gasteiger partial charge in [0.05, 0.1) is 0 Å². The minimum atomic E-state index is 0.233. The van der Waals surface area contributed by atoms with E-state index in [0.717, 1.165) is 43.6 Å². The fraction of sp³-hybridized carbons (Fsp3) is 0.579. The second-order valence-corrected chi connectivity index (χ2v) is 6.75. The van der Waals surface area contributed by atoms with Crippen LogP contribution in [0.25, 0.3) is 0 Å². The van der Waals surface area contributed by atoms with E-state index in [1.54, 1.807) is 7.05 Å². The molecule has 2 aliphatic rings. The van der Waals surface area contributed by atoms with Crippen LogP contribution in [-0.2, 0) is 11.3 Å². The quantitative estimate of drug-likeness (QED) is 0.460. The molecule has 1 aromatic carbocycles. The zero-order valence-electron chi connectivity index (χ0n) is 14.6. The van der Waals surface area contributed by atoms with Crippen molar-refractivity contribution in [3.05, 3.63) is 29.8 Å². The van der Waals surface area contributed by atoms with Crippen molar-refractivity contribution in [2.45, 2.75) is 45.1 Å². The van der Waals surface area contributed by atoms with E-state index in [-0.39, 0.29) is 5.91 Å². The topological polar surface area (TPSA) is 56.7 Å². The maximum absolute atomic E-state index is 11.8. The van der Waals surface area contributed by atoms with Crippen LogP contribution in [0.3, 0.4) is 0 Å². The predicted octanol–water partition coefficient (Wildman–Crippen LogP) is 2.67. The maximum atomic E-state index is 11.8. The Morgan fingerprint density at radius 1 is 1.25 bits per heavy atom. The van der Waals surface area contributed by atoms with E-state index in [1.807, 2.05) is 17.0 Å². The molecule has 130 valence electrons. The predicted molar refractivity (Wildman–Crippen MR) is 98.2 cm³/mol. The molecule has 0 radical (unpaired) electrons. The number of carbonyl (C=O) groups excluding carboxylic acids is 1. The summed E-state index contributed by atoms with van der Waals surface area (Å²) in [5.74, 6) is 2.07. The van der Waals surface area contributed by atoms with Gasteiger partial charge in [0.15, 0.2) is 5.96 Å². The first-order chi connectivity index (χ1) is 11.8. The van der Waals surface area contributed by atoms with Crippen LogP contribution in [0.2, 0.25) is 0 Å². The summed E-state index contributed by atoms with van der Waals surface area (Å²) in [4.78, 5) is 17.9. The fourth-order valence-electron chi connectivity index (χ4n) is 3.13. The van der Waals surface area contributed by atoms with Crippen LogP contribution in [0.5, 0.6) is 0 Å². The average molecular weight is 328 g/mol. The van der Waals surface area contributed by atoms with Gasteiger partial charge < -0.3 is 15.5 Å². The summed E-state index contributed by atoms with van der Waals surface area (Å²) in [7, 11) is 1.80. The lowest BCUT2D eigenvalue weighted by molar-refractivity contribution is -0.117. The smallest absolute Gasteiger partial charge is 0.227 e. The van der Waals surface area contributed by atoms with Crippen molar-refractivity contribution in [3.8, 4) is 0 Å². The molecule has 1 amide bonds. The highest BCUT2D eigenvalue weighted by Crippen LogP contribution is 2.33. The lowest BCUT2D eigenvalue weighted by atomic mass is 10.2. The first-order valence-electron chi connectivity index (χ1n) is 9.10. The molecule has 0 spiro atoms. The van der Waals surface area contributed by atoms with Crippen molar-refractivity contribution in [2.24, 2.45) is 10.9 Å². The van der Waals surface area contributed by atoms with Crippen LogP contribution in [0.4, 0.5) is 5.69 Å². The van der Waals surface area contributed by atoms with Crippen molar-refractivity contribution in [3.63, 3.8) is 0 Å². The van der Waals surface area contributed by atoms with Crippen LogP contribution in [0.15, 0.2) is 29.3 Å². The SMILES string of the molecule is CN=C(NCCCC1CC1)NCc1ccc(N2CCCC2=O)cc1. The number of carbonyl (C=O) groups is 1. The Hall–Kier alpha value is -2.04. The van der Waals surface area contributed by atoms with Gasteiger partial charge in [0.25, 0.3) is 0 Å². The number of guanidine groups is 1. The Morgan fingerprint density at radius 3 is 2.67 bits per heavy atom. The number of nitrogens with zero attached hydrogens (tertiary/aromatic N) is 2. The second-order valence-electron chi connectivity index (χ2n) is 6.75. The number of hydrogen-bond donors (Lipinski definition) is 2. The maximum Gasteiger partial charge on any atom is 0.227 e. The van der Waals surface area contributed by atoms with Gasteiger partial charge in [-0.1, -0.05) is 25.0 Å². The summed E-state index contributed by atoms with van der Waals surface area (Å²) in [6.45, 7) is 2.55. The molecule has 0 aromatic heterocycles. The highest BCUT2D eigenvalue weighted by Gasteiger charge is 2.21. The lowest BCUT2D eigenvalue weighted by Crippen LogP contribution is -2.37. The number of hydrogen-bond acceptors (Lipinski definition) is 2. The minimum absolute atomic E-state index is 0.233. The molecule has 2 fully saturated rings. The third kappa shape index (κ3) is 4.73. The molecule has 2 N–H and O–H groups in total. The number of amides is 1. The van der Waals surface area contributed by atoms with Crippen molar-refractivity contribution in [2.75, 3.05) is 25.0 Å². The number of nitrogens with one attached hydrogen (secondary N) is 2. The number of aliphatic imine (C=N–C) groups is 1. The summed E-state index contributed by atoms with van der Waals surface area (Å²) >= 11 is 0. The number of rotatable bonds is 7. The third-order valence-electron chi connectivity index (χ3n) is 4.78. The van der Waals surface area contributed by atoms with Crippen LogP contribution < -0.4 is 15.5 Å². The Labute approximate surface area is 144 Å². The molecule has 1 saturated carbocycles. The Balaban J connectivity index is 1.42. The minimum Gasteiger partial charge on any atom is -0.356 e. The monoisotopic (exact) mass is 328 g/mol. The normalized spacial score (nSPS) is 18.1. The first-order valence-corrected chi connectivity index (χ1v) is 9.10. The van der Waals surface area contributed by atoms with E-state index >= 15 is 0 Å². The molecule has 0 bridgehead atoms. The van der Waals surface area contributed by atoms with Crippen molar-refractivity contribution >= 4 is 17.6 Å². The average Bonchev–Trinajstić information content (AvgIpc) is 3.34. The lowest BCUT2D eigenvalue weighted by Gasteiger charge is -2.16. The first kappa shape index (κ1) is 16.8. The number of benzene rings is 1. The van der Waals surface area contributed by atoms with Gasteiger partial charge in [-0.2, -0.15) is 0 Å². The summed E-state index contributed by atoms with van der Waals surface area (Å²) in [5.41, 5.74) is 2.19. The summed E-state index contributed by atoms with van der Waals surface area (Å²) in [6, 6.07) is 8.22. The third-order valence-corrected chi connectivity index (χ3v) is 4.78. The van der Waals surface area contributed by atoms with Gasteiger partial charge in [0.1, 0.15) is 0 Å². The van der Waals surface area contributed by atoms with Crippen LogP contribution in [0.1, 0.15) is 44.1 Å². The standard InChI is InChI=1S/C19H28N4O/c1-20-19(21-12-2-4-15-6-7-15)22-14-16-8-10-17(11-9-16)23-13-3-5-18(23)24/h8-11,15H,2-7,12-14H2,1H3,(H2,20,21,22). The zero-order chi connectivity index (χ0) is 16.8. The van der Waals surface area contributed by atoms with E-state index in [4.69, 9.17) is 0 Å². The van der Waals surface area contributed by atoms with Crippen molar-refractivity contribution in [1.82, 2.24) is 10.6 Å². The Morgan fingerprint density at radius 2 is 2.04 bits per heavy atom. The van der Waals surface area contributed by atoms with E-state index in [9.17, 15) is 4.79 Å². The van der Waals surface area contributed by atoms with Crippen molar-refractivity contribution < 1.29 is 4.79 Å². The molecular formula is C19H28N4O. The van der Waals surface area contributed by atoms with Crippen molar-refractivity contribution in [1.29, 1.82) is 0 Å². The molecule has 1 heterocycles. The summed E-state index contributed by atoms with van der Waals surface area (Å²) in [6.07, 6.45) is 7.03. The molecule has 1 saturated heterocycles. The van der Waals surface area contributed by atoms with Gasteiger partial charge in [-0.3, -0.25) is 9.79 Å². The highest BCUT2D eigenvalue weighted by molar-refractivity contribution is 5.95. The largest absolute Gasteiger partial charge is 0.356 e. The van der Waals surface area contributed by atoms with Gasteiger partial charge in [0.2, 0.25) is 5.91 Å². The Bertz CT molecular complexity index is 578.